The minimum Gasteiger partial charge on any atom is -0.324 e. The molecule has 12 heavy (non-hydrogen) atoms. The van der Waals surface area contributed by atoms with Crippen LogP contribution in [-0.2, 0) is 0 Å². The van der Waals surface area contributed by atoms with Crippen molar-refractivity contribution in [3.05, 3.63) is 34.9 Å². The lowest BCUT2D eigenvalue weighted by atomic mass is 10.0. The summed E-state index contributed by atoms with van der Waals surface area (Å²) >= 11 is 5.86. The summed E-state index contributed by atoms with van der Waals surface area (Å²) in [6.45, 7) is 0. The fourth-order valence-corrected chi connectivity index (χ4v) is 1.64. The Bertz CT molecular complexity index is 281. The summed E-state index contributed by atoms with van der Waals surface area (Å²) in [6.07, 6.45) is 2.54. The van der Waals surface area contributed by atoms with Crippen LogP contribution in [-0.4, -0.2) is 0 Å². The number of benzene rings is 1. The average molecular weight is 182 g/mol. The molecule has 1 aliphatic carbocycles. The Morgan fingerprint density at radius 2 is 2.17 bits per heavy atom. The Morgan fingerprint density at radius 1 is 1.42 bits per heavy atom. The van der Waals surface area contributed by atoms with E-state index in [9.17, 15) is 0 Å². The van der Waals surface area contributed by atoms with Crippen LogP contribution in [0.1, 0.15) is 24.4 Å². The maximum absolute atomic E-state index is 6.01. The molecule has 0 aliphatic heterocycles. The van der Waals surface area contributed by atoms with Crippen molar-refractivity contribution >= 4 is 11.6 Å². The molecule has 2 rings (SSSR count). The van der Waals surface area contributed by atoms with Crippen molar-refractivity contribution in [3.8, 4) is 0 Å². The van der Waals surface area contributed by atoms with Crippen LogP contribution < -0.4 is 5.73 Å². The van der Waals surface area contributed by atoms with Gasteiger partial charge in [-0.2, -0.15) is 0 Å². The van der Waals surface area contributed by atoms with E-state index in [0.717, 1.165) is 5.02 Å². The highest BCUT2D eigenvalue weighted by molar-refractivity contribution is 6.30. The lowest BCUT2D eigenvalue weighted by Gasteiger charge is -2.10. The van der Waals surface area contributed by atoms with Crippen LogP contribution in [0, 0.1) is 5.92 Å². The highest BCUT2D eigenvalue weighted by Gasteiger charge is 2.29. The third-order valence-electron chi connectivity index (χ3n) is 2.36. The first-order chi connectivity index (χ1) is 5.77. The molecule has 2 heteroatoms. The zero-order valence-electron chi connectivity index (χ0n) is 6.83. The van der Waals surface area contributed by atoms with E-state index in [4.69, 9.17) is 17.3 Å². The third-order valence-corrected chi connectivity index (χ3v) is 2.60. The van der Waals surface area contributed by atoms with Crippen LogP contribution in [0.2, 0.25) is 5.02 Å². The Labute approximate surface area is 77.5 Å². The van der Waals surface area contributed by atoms with Crippen LogP contribution in [0.4, 0.5) is 0 Å². The fraction of sp³-hybridized carbons (Fsp3) is 0.400. The van der Waals surface area contributed by atoms with E-state index < -0.39 is 0 Å². The maximum atomic E-state index is 6.01. The standard InChI is InChI=1S/C10H12ClN/c11-9-3-1-2-8(6-9)10(12)7-4-5-7/h1-3,6-7,10H,4-5,12H2. The molecule has 1 unspecified atom stereocenters. The first-order valence-electron chi connectivity index (χ1n) is 4.28. The van der Waals surface area contributed by atoms with Gasteiger partial charge in [0.2, 0.25) is 0 Å². The molecule has 1 aromatic carbocycles. The maximum Gasteiger partial charge on any atom is 0.0409 e. The van der Waals surface area contributed by atoms with Gasteiger partial charge in [-0.1, -0.05) is 23.7 Å². The Hall–Kier alpha value is -0.530. The minimum atomic E-state index is 0.198. The van der Waals surface area contributed by atoms with Crippen molar-refractivity contribution in [1.82, 2.24) is 0 Å². The van der Waals surface area contributed by atoms with E-state index in [0.29, 0.717) is 5.92 Å². The molecule has 64 valence electrons. The van der Waals surface area contributed by atoms with Crippen molar-refractivity contribution in [2.45, 2.75) is 18.9 Å². The van der Waals surface area contributed by atoms with Crippen LogP contribution in [0.15, 0.2) is 24.3 Å². The summed E-state index contributed by atoms with van der Waals surface area (Å²) in [6, 6.07) is 8.05. The van der Waals surface area contributed by atoms with Crippen LogP contribution in [0.3, 0.4) is 0 Å². The Balaban J connectivity index is 2.20. The molecule has 0 bridgehead atoms. The number of hydrogen-bond donors (Lipinski definition) is 1. The second kappa shape index (κ2) is 3.08. The van der Waals surface area contributed by atoms with Crippen LogP contribution in [0.5, 0.6) is 0 Å². The largest absolute Gasteiger partial charge is 0.324 e. The monoisotopic (exact) mass is 181 g/mol. The van der Waals surface area contributed by atoms with Gasteiger partial charge in [0.25, 0.3) is 0 Å². The number of halogens is 1. The molecule has 0 heterocycles. The number of nitrogens with two attached hydrogens (primary N) is 1. The summed E-state index contributed by atoms with van der Waals surface area (Å²) in [5.74, 6) is 0.698. The minimum absolute atomic E-state index is 0.198. The van der Waals surface area contributed by atoms with Crippen molar-refractivity contribution in [1.29, 1.82) is 0 Å². The van der Waals surface area contributed by atoms with Crippen molar-refractivity contribution in [2.75, 3.05) is 0 Å². The van der Waals surface area contributed by atoms with Crippen LogP contribution >= 0.6 is 11.6 Å². The summed E-state index contributed by atoms with van der Waals surface area (Å²) in [7, 11) is 0. The average Bonchev–Trinajstić information content (AvgIpc) is 2.85. The van der Waals surface area contributed by atoms with Gasteiger partial charge in [0.1, 0.15) is 0 Å². The van der Waals surface area contributed by atoms with Gasteiger partial charge < -0.3 is 5.73 Å². The first-order valence-corrected chi connectivity index (χ1v) is 4.66. The van der Waals surface area contributed by atoms with Gasteiger partial charge in [0, 0.05) is 11.1 Å². The lowest BCUT2D eigenvalue weighted by molar-refractivity contribution is 0.633. The van der Waals surface area contributed by atoms with Crippen molar-refractivity contribution < 1.29 is 0 Å². The van der Waals surface area contributed by atoms with E-state index in [-0.39, 0.29) is 6.04 Å². The zero-order chi connectivity index (χ0) is 8.55. The van der Waals surface area contributed by atoms with Gasteiger partial charge >= 0.3 is 0 Å². The second-order valence-corrected chi connectivity index (χ2v) is 3.85. The van der Waals surface area contributed by atoms with E-state index in [1.165, 1.54) is 18.4 Å². The normalized spacial score (nSPS) is 19.2. The molecule has 1 saturated carbocycles. The number of hydrogen-bond acceptors (Lipinski definition) is 1. The molecule has 0 saturated heterocycles. The lowest BCUT2D eigenvalue weighted by Crippen LogP contribution is -2.11. The summed E-state index contributed by atoms with van der Waals surface area (Å²) < 4.78 is 0. The third kappa shape index (κ3) is 1.62. The van der Waals surface area contributed by atoms with E-state index in [1.807, 2.05) is 18.2 Å². The smallest absolute Gasteiger partial charge is 0.0409 e. The SMILES string of the molecule is NC(c1cccc(Cl)c1)C1CC1. The van der Waals surface area contributed by atoms with E-state index >= 15 is 0 Å². The molecule has 1 atom stereocenters. The first kappa shape index (κ1) is 8.09. The molecule has 0 amide bonds. The van der Waals surface area contributed by atoms with Gasteiger partial charge in [-0.15, -0.1) is 0 Å². The van der Waals surface area contributed by atoms with E-state index in [2.05, 4.69) is 6.07 Å². The number of rotatable bonds is 2. The molecule has 0 radical (unpaired) electrons. The highest BCUT2D eigenvalue weighted by Crippen LogP contribution is 2.39. The fourth-order valence-electron chi connectivity index (χ4n) is 1.44. The molecular formula is C10H12ClN. The predicted molar refractivity (Wildman–Crippen MR) is 51.1 cm³/mol. The molecule has 2 N–H and O–H groups in total. The molecule has 0 spiro atoms. The Morgan fingerprint density at radius 3 is 2.75 bits per heavy atom. The van der Waals surface area contributed by atoms with E-state index in [1.54, 1.807) is 0 Å². The molecule has 1 aromatic rings. The van der Waals surface area contributed by atoms with Gasteiger partial charge in [0.15, 0.2) is 0 Å². The summed E-state index contributed by atoms with van der Waals surface area (Å²) in [5, 5.41) is 0.781. The molecule has 1 fully saturated rings. The molecule has 1 aliphatic rings. The Kier molecular flexibility index (Phi) is 2.07. The summed E-state index contributed by atoms with van der Waals surface area (Å²) in [5.41, 5.74) is 7.18. The highest BCUT2D eigenvalue weighted by atomic mass is 35.5. The van der Waals surface area contributed by atoms with Crippen molar-refractivity contribution in [3.63, 3.8) is 0 Å². The van der Waals surface area contributed by atoms with Gasteiger partial charge in [-0.25, -0.2) is 0 Å². The second-order valence-electron chi connectivity index (χ2n) is 3.42. The van der Waals surface area contributed by atoms with Gasteiger partial charge in [-0.3, -0.25) is 0 Å². The van der Waals surface area contributed by atoms with Gasteiger partial charge in [0.05, 0.1) is 0 Å². The molecule has 1 nitrogen and oxygen atoms in total. The summed E-state index contributed by atoms with van der Waals surface area (Å²) in [4.78, 5) is 0. The predicted octanol–water partition coefficient (Wildman–Crippen LogP) is 2.75. The van der Waals surface area contributed by atoms with Crippen molar-refractivity contribution in [2.24, 2.45) is 11.7 Å². The zero-order valence-corrected chi connectivity index (χ0v) is 7.59. The molecule has 0 aromatic heterocycles. The molecular weight excluding hydrogens is 170 g/mol. The topological polar surface area (TPSA) is 26.0 Å². The quantitative estimate of drug-likeness (QED) is 0.746. The van der Waals surface area contributed by atoms with Gasteiger partial charge in [-0.05, 0) is 36.5 Å². The van der Waals surface area contributed by atoms with Crippen LogP contribution in [0.25, 0.3) is 0 Å².